The summed E-state index contributed by atoms with van der Waals surface area (Å²) in [6, 6.07) is 0.566. The fraction of sp³-hybridized carbons (Fsp3) is 0.833. The normalized spacial score (nSPS) is 20.6. The number of nitrogens with one attached hydrogen (secondary N) is 1. The zero-order chi connectivity index (χ0) is 18.5. The predicted molar refractivity (Wildman–Crippen MR) is 103 cm³/mol. The van der Waals surface area contributed by atoms with Crippen LogP contribution in [0.1, 0.15) is 44.4 Å². The van der Waals surface area contributed by atoms with Crippen LogP contribution >= 0.6 is 11.8 Å². The van der Waals surface area contributed by atoms with E-state index in [4.69, 9.17) is 4.74 Å². The SMILES string of the molecule is COCC(=O)NC(c1nnc2n1CCN(C1CCSCC1)CC2)C(C)C. The highest BCUT2D eigenvalue weighted by Gasteiger charge is 2.29. The van der Waals surface area contributed by atoms with Crippen LogP contribution in [0, 0.1) is 5.92 Å². The summed E-state index contributed by atoms with van der Waals surface area (Å²) in [7, 11) is 1.53. The van der Waals surface area contributed by atoms with Gasteiger partial charge in [0.1, 0.15) is 12.4 Å². The van der Waals surface area contributed by atoms with Crippen LogP contribution in [-0.2, 0) is 22.5 Å². The number of amides is 1. The second kappa shape index (κ2) is 9.19. The lowest BCUT2D eigenvalue weighted by atomic mass is 10.0. The van der Waals surface area contributed by atoms with E-state index in [9.17, 15) is 4.79 Å². The van der Waals surface area contributed by atoms with Gasteiger partial charge in [-0.05, 0) is 30.3 Å². The summed E-state index contributed by atoms with van der Waals surface area (Å²) in [5, 5.41) is 12.0. The van der Waals surface area contributed by atoms with Crippen LogP contribution in [0.4, 0.5) is 0 Å². The van der Waals surface area contributed by atoms with Gasteiger partial charge in [0, 0.05) is 39.2 Å². The van der Waals surface area contributed by atoms with Crippen molar-refractivity contribution in [3.05, 3.63) is 11.6 Å². The summed E-state index contributed by atoms with van der Waals surface area (Å²) in [5.41, 5.74) is 0. The Balaban J connectivity index is 1.72. The van der Waals surface area contributed by atoms with Crippen molar-refractivity contribution in [3.8, 4) is 0 Å². The third kappa shape index (κ3) is 4.58. The lowest BCUT2D eigenvalue weighted by molar-refractivity contribution is -0.125. The van der Waals surface area contributed by atoms with Crippen LogP contribution in [0.25, 0.3) is 0 Å². The number of aromatic nitrogens is 3. The molecular formula is C18H31N5O2S. The maximum atomic E-state index is 12.0. The zero-order valence-electron chi connectivity index (χ0n) is 16.1. The van der Waals surface area contributed by atoms with Gasteiger partial charge in [-0.2, -0.15) is 11.8 Å². The first-order chi connectivity index (χ1) is 12.6. The quantitative estimate of drug-likeness (QED) is 0.805. The van der Waals surface area contributed by atoms with E-state index in [1.54, 1.807) is 0 Å². The lowest BCUT2D eigenvalue weighted by Gasteiger charge is -2.33. The van der Waals surface area contributed by atoms with Gasteiger partial charge in [0.05, 0.1) is 6.04 Å². The standard InChI is InChI=1S/C18H31N5O2S/c1-13(2)17(19-16(24)12-25-3)18-21-20-15-4-7-22(8-9-23(15)18)14-5-10-26-11-6-14/h13-14,17H,4-12H2,1-3H3,(H,19,24). The van der Waals surface area contributed by atoms with Gasteiger partial charge in [-0.25, -0.2) is 0 Å². The van der Waals surface area contributed by atoms with Gasteiger partial charge in [0.25, 0.3) is 0 Å². The molecule has 1 atom stereocenters. The van der Waals surface area contributed by atoms with Crippen molar-refractivity contribution in [2.75, 3.05) is 38.3 Å². The Hall–Kier alpha value is -1.12. The number of carbonyl (C=O) groups excluding carboxylic acids is 1. The molecule has 0 bridgehead atoms. The smallest absolute Gasteiger partial charge is 0.246 e. The van der Waals surface area contributed by atoms with E-state index in [0.29, 0.717) is 6.04 Å². The predicted octanol–water partition coefficient (Wildman–Crippen LogP) is 1.49. The van der Waals surface area contributed by atoms with Gasteiger partial charge in [-0.3, -0.25) is 9.69 Å². The molecule has 7 nitrogen and oxygen atoms in total. The van der Waals surface area contributed by atoms with E-state index in [-0.39, 0.29) is 24.5 Å². The number of nitrogens with zero attached hydrogens (tertiary/aromatic N) is 4. The van der Waals surface area contributed by atoms with Crippen molar-refractivity contribution in [1.82, 2.24) is 25.0 Å². The van der Waals surface area contributed by atoms with Crippen molar-refractivity contribution in [2.45, 2.75) is 51.7 Å². The minimum Gasteiger partial charge on any atom is -0.375 e. The van der Waals surface area contributed by atoms with Crippen LogP contribution in [0.15, 0.2) is 0 Å². The van der Waals surface area contributed by atoms with E-state index >= 15 is 0 Å². The first-order valence-corrected chi connectivity index (χ1v) is 10.8. The molecule has 1 unspecified atom stereocenters. The molecule has 3 rings (SSSR count). The molecule has 8 heteroatoms. The largest absolute Gasteiger partial charge is 0.375 e. The molecule has 0 saturated carbocycles. The van der Waals surface area contributed by atoms with E-state index in [1.807, 2.05) is 0 Å². The van der Waals surface area contributed by atoms with E-state index in [2.05, 4.69) is 50.6 Å². The highest BCUT2D eigenvalue weighted by Crippen LogP contribution is 2.25. The first kappa shape index (κ1) is 19.6. The Morgan fingerprint density at radius 1 is 1.27 bits per heavy atom. The Morgan fingerprint density at radius 3 is 2.73 bits per heavy atom. The van der Waals surface area contributed by atoms with Crippen LogP contribution in [-0.4, -0.2) is 69.9 Å². The summed E-state index contributed by atoms with van der Waals surface area (Å²) < 4.78 is 7.18. The van der Waals surface area contributed by atoms with E-state index < -0.39 is 0 Å². The molecule has 3 heterocycles. The number of thioether (sulfide) groups is 1. The number of rotatable bonds is 6. The first-order valence-electron chi connectivity index (χ1n) is 9.62. The van der Waals surface area contributed by atoms with Crippen LogP contribution in [0.2, 0.25) is 0 Å². The van der Waals surface area contributed by atoms with E-state index in [0.717, 1.165) is 37.7 Å². The van der Waals surface area contributed by atoms with Crippen molar-refractivity contribution in [2.24, 2.45) is 5.92 Å². The number of methoxy groups -OCH3 is 1. The molecule has 0 spiro atoms. The Labute approximate surface area is 160 Å². The number of carbonyl (C=O) groups is 1. The second-order valence-corrected chi connectivity index (χ2v) is 8.70. The molecule has 146 valence electrons. The summed E-state index contributed by atoms with van der Waals surface area (Å²) in [6.07, 6.45) is 3.51. The zero-order valence-corrected chi connectivity index (χ0v) is 16.9. The summed E-state index contributed by atoms with van der Waals surface area (Å²) in [5.74, 6) is 4.59. The highest BCUT2D eigenvalue weighted by atomic mass is 32.2. The summed E-state index contributed by atoms with van der Waals surface area (Å²) in [4.78, 5) is 14.7. The molecule has 26 heavy (non-hydrogen) atoms. The third-order valence-corrected chi connectivity index (χ3v) is 6.38. The molecule has 1 N–H and O–H groups in total. The minimum absolute atomic E-state index is 0.0671. The van der Waals surface area contributed by atoms with Crippen molar-refractivity contribution >= 4 is 17.7 Å². The van der Waals surface area contributed by atoms with Gasteiger partial charge in [-0.15, -0.1) is 10.2 Å². The molecule has 1 aromatic heterocycles. The number of hydrogen-bond acceptors (Lipinski definition) is 6. The van der Waals surface area contributed by atoms with E-state index in [1.165, 1.54) is 31.5 Å². The van der Waals surface area contributed by atoms with Gasteiger partial charge in [-0.1, -0.05) is 13.8 Å². The molecule has 2 aliphatic heterocycles. The van der Waals surface area contributed by atoms with Crippen LogP contribution < -0.4 is 5.32 Å². The Morgan fingerprint density at radius 2 is 2.04 bits per heavy atom. The Bertz CT molecular complexity index is 600. The van der Waals surface area contributed by atoms with Crippen LogP contribution in [0.5, 0.6) is 0 Å². The average Bonchev–Trinajstić information content (AvgIpc) is 2.91. The molecule has 1 aromatic rings. The van der Waals surface area contributed by atoms with Crippen molar-refractivity contribution in [3.63, 3.8) is 0 Å². The maximum Gasteiger partial charge on any atom is 0.246 e. The van der Waals surface area contributed by atoms with Gasteiger partial charge in [0.15, 0.2) is 5.82 Å². The molecule has 0 aromatic carbocycles. The van der Waals surface area contributed by atoms with Crippen LogP contribution in [0.3, 0.4) is 0 Å². The molecular weight excluding hydrogens is 350 g/mol. The fourth-order valence-electron chi connectivity index (χ4n) is 3.88. The number of fused-ring (bicyclic) bond motifs is 1. The minimum atomic E-state index is -0.142. The highest BCUT2D eigenvalue weighted by molar-refractivity contribution is 7.99. The monoisotopic (exact) mass is 381 g/mol. The summed E-state index contributed by atoms with van der Waals surface area (Å²) in [6.45, 7) is 7.24. The molecule has 2 aliphatic rings. The third-order valence-electron chi connectivity index (χ3n) is 5.33. The molecule has 1 amide bonds. The molecule has 0 aliphatic carbocycles. The average molecular weight is 382 g/mol. The molecule has 0 radical (unpaired) electrons. The van der Waals surface area contributed by atoms with Gasteiger partial charge >= 0.3 is 0 Å². The maximum absolute atomic E-state index is 12.0. The van der Waals surface area contributed by atoms with Gasteiger partial charge < -0.3 is 14.6 Å². The second-order valence-electron chi connectivity index (χ2n) is 7.48. The molecule has 1 saturated heterocycles. The lowest BCUT2D eigenvalue weighted by Crippen LogP contribution is -2.40. The fourth-order valence-corrected chi connectivity index (χ4v) is 4.96. The van der Waals surface area contributed by atoms with Crippen molar-refractivity contribution < 1.29 is 9.53 Å². The topological polar surface area (TPSA) is 72.3 Å². The molecule has 1 fully saturated rings. The number of hydrogen-bond donors (Lipinski definition) is 1. The Kier molecular flexibility index (Phi) is 6.94. The van der Waals surface area contributed by atoms with Crippen molar-refractivity contribution in [1.29, 1.82) is 0 Å². The van der Waals surface area contributed by atoms with Gasteiger partial charge in [0.2, 0.25) is 5.91 Å². The number of ether oxygens (including phenoxy) is 1. The summed E-state index contributed by atoms with van der Waals surface area (Å²) >= 11 is 2.07.